The monoisotopic (exact) mass is 181 g/mol. The third kappa shape index (κ3) is 2.72. The molecule has 72 valence electrons. The summed E-state index contributed by atoms with van der Waals surface area (Å²) in [5.41, 5.74) is 1.08. The van der Waals surface area contributed by atoms with Crippen molar-refractivity contribution in [2.24, 2.45) is 0 Å². The van der Waals surface area contributed by atoms with Crippen LogP contribution in [0.4, 0.5) is 0 Å². The van der Waals surface area contributed by atoms with Gasteiger partial charge in [-0.15, -0.1) is 0 Å². The van der Waals surface area contributed by atoms with E-state index in [9.17, 15) is 4.79 Å². The van der Waals surface area contributed by atoms with Gasteiger partial charge in [-0.25, -0.2) is 5.48 Å². The first-order valence-electron chi connectivity index (χ1n) is 3.13. The van der Waals surface area contributed by atoms with Crippen molar-refractivity contribution in [1.29, 1.82) is 0 Å². The molecule has 0 aliphatic rings. The third-order valence-corrected chi connectivity index (χ3v) is 1.28. The SMILES string of the molecule is O=C(NO)[C@H](O)[C@@H](O)[C@H](O)CO. The van der Waals surface area contributed by atoms with Gasteiger partial charge in [0.2, 0.25) is 0 Å². The average molecular weight is 181 g/mol. The number of nitrogens with one attached hydrogen (secondary N) is 1. The largest absolute Gasteiger partial charge is 0.394 e. The van der Waals surface area contributed by atoms with Gasteiger partial charge in [0.05, 0.1) is 6.61 Å². The molecule has 0 radical (unpaired) electrons. The zero-order chi connectivity index (χ0) is 9.72. The number of hydroxylamine groups is 1. The van der Waals surface area contributed by atoms with Crippen LogP contribution in [0.1, 0.15) is 0 Å². The summed E-state index contributed by atoms with van der Waals surface area (Å²) in [5.74, 6) is -1.25. The Labute approximate surface area is 67.8 Å². The minimum Gasteiger partial charge on any atom is -0.394 e. The quantitative estimate of drug-likeness (QED) is 0.198. The van der Waals surface area contributed by atoms with E-state index in [1.54, 1.807) is 0 Å². The van der Waals surface area contributed by atoms with Gasteiger partial charge in [-0.1, -0.05) is 0 Å². The van der Waals surface area contributed by atoms with Gasteiger partial charge in [0.1, 0.15) is 12.2 Å². The normalized spacial score (nSPS) is 18.1. The maximum Gasteiger partial charge on any atom is 0.274 e. The fraction of sp³-hybridized carbons (Fsp3) is 0.800. The van der Waals surface area contributed by atoms with Crippen molar-refractivity contribution >= 4 is 5.91 Å². The number of amides is 1. The first kappa shape index (κ1) is 11.3. The Morgan fingerprint density at radius 3 is 2.17 bits per heavy atom. The number of hydrogen-bond acceptors (Lipinski definition) is 6. The second kappa shape index (κ2) is 5.01. The summed E-state index contributed by atoms with van der Waals surface area (Å²) >= 11 is 0. The van der Waals surface area contributed by atoms with E-state index >= 15 is 0 Å². The van der Waals surface area contributed by atoms with Gasteiger partial charge < -0.3 is 20.4 Å². The fourth-order valence-electron chi connectivity index (χ4n) is 0.540. The minimum absolute atomic E-state index is 0.795. The van der Waals surface area contributed by atoms with Crippen molar-refractivity contribution in [3.05, 3.63) is 0 Å². The molecule has 7 heteroatoms. The van der Waals surface area contributed by atoms with E-state index in [0.717, 1.165) is 5.48 Å². The molecule has 0 unspecified atom stereocenters. The van der Waals surface area contributed by atoms with Crippen LogP contribution < -0.4 is 5.48 Å². The van der Waals surface area contributed by atoms with E-state index in [1.807, 2.05) is 0 Å². The zero-order valence-corrected chi connectivity index (χ0v) is 6.08. The van der Waals surface area contributed by atoms with Crippen LogP contribution in [0.15, 0.2) is 0 Å². The molecule has 3 atom stereocenters. The number of hydrogen-bond donors (Lipinski definition) is 6. The van der Waals surface area contributed by atoms with E-state index in [2.05, 4.69) is 0 Å². The maximum atomic E-state index is 10.4. The molecule has 6 N–H and O–H groups in total. The number of aliphatic hydroxyl groups excluding tert-OH is 4. The Balaban J connectivity index is 4.08. The summed E-state index contributed by atoms with van der Waals surface area (Å²) < 4.78 is 0. The molecule has 0 rings (SSSR count). The van der Waals surface area contributed by atoms with Gasteiger partial charge >= 0.3 is 0 Å². The van der Waals surface area contributed by atoms with Gasteiger partial charge in [-0.3, -0.25) is 10.0 Å². The summed E-state index contributed by atoms with van der Waals surface area (Å²) in [6, 6.07) is 0. The molecule has 0 aromatic carbocycles. The van der Waals surface area contributed by atoms with Gasteiger partial charge in [-0.05, 0) is 0 Å². The van der Waals surface area contributed by atoms with Crippen LogP contribution in [-0.4, -0.2) is 56.5 Å². The highest BCUT2D eigenvalue weighted by Crippen LogP contribution is 1.99. The third-order valence-electron chi connectivity index (χ3n) is 1.28. The number of carbonyl (C=O) groups is 1. The predicted octanol–water partition coefficient (Wildman–Crippen LogP) is -3.43. The number of carbonyl (C=O) groups excluding carboxylic acids is 1. The second-order valence-electron chi connectivity index (χ2n) is 2.16. The Bertz CT molecular complexity index is 151. The summed E-state index contributed by atoms with van der Waals surface area (Å²) in [7, 11) is 0. The fourth-order valence-corrected chi connectivity index (χ4v) is 0.540. The lowest BCUT2D eigenvalue weighted by atomic mass is 10.1. The standard InChI is InChI=1S/C5H11NO6/c7-1-2(8)3(9)4(10)5(11)6-12/h2-4,7-10,12H,1H2,(H,6,11)/t2-,3+,4-/m1/s1. The highest BCUT2D eigenvalue weighted by atomic mass is 16.5. The van der Waals surface area contributed by atoms with E-state index in [0.29, 0.717) is 0 Å². The molecular weight excluding hydrogens is 170 g/mol. The van der Waals surface area contributed by atoms with Crippen LogP contribution in [0.5, 0.6) is 0 Å². The smallest absolute Gasteiger partial charge is 0.274 e. The lowest BCUT2D eigenvalue weighted by Crippen LogP contribution is -2.47. The number of aliphatic hydroxyl groups is 4. The molecule has 0 saturated carbocycles. The van der Waals surface area contributed by atoms with Crippen molar-refractivity contribution in [1.82, 2.24) is 5.48 Å². The van der Waals surface area contributed by atoms with Crippen molar-refractivity contribution in [3.63, 3.8) is 0 Å². The highest BCUT2D eigenvalue weighted by molar-refractivity contribution is 5.79. The molecule has 0 fully saturated rings. The Kier molecular flexibility index (Phi) is 4.71. The van der Waals surface area contributed by atoms with Gasteiger partial charge in [0.15, 0.2) is 6.10 Å². The minimum atomic E-state index is -1.97. The molecule has 12 heavy (non-hydrogen) atoms. The predicted molar refractivity (Wildman–Crippen MR) is 35.0 cm³/mol. The van der Waals surface area contributed by atoms with E-state index < -0.39 is 30.8 Å². The molecule has 7 nitrogen and oxygen atoms in total. The average Bonchev–Trinajstić information content (AvgIpc) is 2.12. The molecule has 0 aliphatic heterocycles. The Morgan fingerprint density at radius 1 is 1.33 bits per heavy atom. The summed E-state index contributed by atoms with van der Waals surface area (Å²) in [6.07, 6.45) is -5.43. The molecule has 0 heterocycles. The van der Waals surface area contributed by atoms with Crippen molar-refractivity contribution in [3.8, 4) is 0 Å². The lowest BCUT2D eigenvalue weighted by molar-refractivity contribution is -0.150. The number of rotatable bonds is 4. The van der Waals surface area contributed by atoms with Crippen LogP contribution in [0.25, 0.3) is 0 Å². The first-order chi connectivity index (χ1) is 5.54. The van der Waals surface area contributed by atoms with Crippen LogP contribution in [0, 0.1) is 0 Å². The molecule has 0 spiro atoms. The maximum absolute atomic E-state index is 10.4. The molecule has 0 aromatic heterocycles. The van der Waals surface area contributed by atoms with E-state index in [1.165, 1.54) is 0 Å². The molecule has 0 saturated heterocycles. The van der Waals surface area contributed by atoms with Gasteiger partial charge in [0, 0.05) is 0 Å². The van der Waals surface area contributed by atoms with Crippen molar-refractivity contribution in [2.75, 3.05) is 6.61 Å². The van der Waals surface area contributed by atoms with Crippen LogP contribution in [0.2, 0.25) is 0 Å². The zero-order valence-electron chi connectivity index (χ0n) is 6.08. The van der Waals surface area contributed by atoms with Gasteiger partial charge in [-0.2, -0.15) is 0 Å². The summed E-state index contributed by atoms with van der Waals surface area (Å²) in [5, 5.41) is 42.7. The molecule has 0 aromatic rings. The van der Waals surface area contributed by atoms with E-state index in [4.69, 9.17) is 25.6 Å². The first-order valence-corrected chi connectivity index (χ1v) is 3.13. The van der Waals surface area contributed by atoms with Crippen LogP contribution in [-0.2, 0) is 4.79 Å². The van der Waals surface area contributed by atoms with Crippen LogP contribution in [0.3, 0.4) is 0 Å². The Morgan fingerprint density at radius 2 is 1.83 bits per heavy atom. The van der Waals surface area contributed by atoms with Gasteiger partial charge in [0.25, 0.3) is 5.91 Å². The molecule has 0 aliphatic carbocycles. The highest BCUT2D eigenvalue weighted by Gasteiger charge is 2.29. The Hall–Kier alpha value is -0.730. The summed E-state index contributed by atoms with van der Waals surface area (Å²) in [4.78, 5) is 10.4. The molecule has 1 amide bonds. The van der Waals surface area contributed by atoms with Crippen molar-refractivity contribution in [2.45, 2.75) is 18.3 Å². The molecule has 0 bridgehead atoms. The lowest BCUT2D eigenvalue weighted by Gasteiger charge is -2.19. The summed E-state index contributed by atoms with van der Waals surface area (Å²) in [6.45, 7) is -0.795. The van der Waals surface area contributed by atoms with Crippen LogP contribution >= 0.6 is 0 Å². The van der Waals surface area contributed by atoms with E-state index in [-0.39, 0.29) is 0 Å². The van der Waals surface area contributed by atoms with Crippen molar-refractivity contribution < 1.29 is 30.4 Å². The second-order valence-corrected chi connectivity index (χ2v) is 2.16. The topological polar surface area (TPSA) is 130 Å². The molecular formula is C5H11NO6.